The number of hydrogen-bond donors (Lipinski definition) is 1. The van der Waals surface area contributed by atoms with Gasteiger partial charge in [-0.3, -0.25) is 14.8 Å². The smallest absolute Gasteiger partial charge is 0.309 e. The van der Waals surface area contributed by atoms with Crippen molar-refractivity contribution >= 4 is 41.9 Å². The molecule has 52 heavy (non-hydrogen) atoms. The van der Waals surface area contributed by atoms with E-state index in [2.05, 4.69) is 9.98 Å². The molecule has 0 spiro atoms. The number of nitrogens with zero attached hydrogens (tertiary/aromatic N) is 2. The topological polar surface area (TPSA) is 117 Å². The number of esters is 1. The molecule has 2 atom stereocenters. The van der Waals surface area contributed by atoms with Crippen molar-refractivity contribution in [3.63, 3.8) is 0 Å². The maximum absolute atomic E-state index is 12.7. The summed E-state index contributed by atoms with van der Waals surface area (Å²) >= 11 is 0. The lowest BCUT2D eigenvalue weighted by atomic mass is 10.00. The molecule has 0 saturated carbocycles. The number of aliphatic hydroxyl groups is 1. The van der Waals surface area contributed by atoms with Gasteiger partial charge in [0.2, 0.25) is 5.75 Å². The Kier molecular flexibility index (Phi) is 14.8. The molecule has 0 heterocycles. The molecule has 10 nitrogen and oxygen atoms in total. The third-order valence-corrected chi connectivity index (χ3v) is 8.52. The monoisotopic (exact) mass is 708 g/mol. The molecule has 2 unspecified atom stereocenters. The average molecular weight is 709 g/mol. The lowest BCUT2D eigenvalue weighted by Crippen LogP contribution is -2.19. The fraction of sp³-hybridized carbons (Fsp3) is 0.310. The van der Waals surface area contributed by atoms with Gasteiger partial charge in [-0.05, 0) is 72.9 Å². The maximum Gasteiger partial charge on any atom is 0.309 e. The Morgan fingerprint density at radius 2 is 1.17 bits per heavy atom. The van der Waals surface area contributed by atoms with E-state index in [1.54, 1.807) is 48.0 Å². The summed E-state index contributed by atoms with van der Waals surface area (Å²) in [5.74, 6) is 2.07. The van der Waals surface area contributed by atoms with Crippen molar-refractivity contribution in [2.24, 2.45) is 15.9 Å². The predicted octanol–water partition coefficient (Wildman–Crippen LogP) is 8.80. The van der Waals surface area contributed by atoms with E-state index in [1.165, 1.54) is 0 Å². The minimum Gasteiger partial charge on any atom is -0.493 e. The first-order chi connectivity index (χ1) is 25.3. The Bertz CT molecular complexity index is 1850. The fourth-order valence-electron chi connectivity index (χ4n) is 5.40. The zero-order valence-electron chi connectivity index (χ0n) is 30.9. The van der Waals surface area contributed by atoms with Crippen LogP contribution in [0.15, 0.2) is 82.8 Å². The lowest BCUT2D eigenvalue weighted by Gasteiger charge is -2.23. The van der Waals surface area contributed by atoms with Crippen molar-refractivity contribution in [3.8, 4) is 28.7 Å². The number of carbonyl (C=O) groups is 1. The van der Waals surface area contributed by atoms with Crippen LogP contribution in [0.1, 0.15) is 67.0 Å². The quantitative estimate of drug-likeness (QED) is 0.0619. The lowest BCUT2D eigenvalue weighted by molar-refractivity contribution is -0.154. The highest BCUT2D eigenvalue weighted by Gasteiger charge is 2.26. The van der Waals surface area contributed by atoms with E-state index in [4.69, 9.17) is 28.4 Å². The molecule has 0 aromatic heterocycles. The average Bonchev–Trinajstić information content (AvgIpc) is 3.19. The van der Waals surface area contributed by atoms with Crippen LogP contribution in [0.5, 0.6) is 28.7 Å². The molecule has 0 radical (unpaired) electrons. The molecule has 274 valence electrons. The number of rotatable bonds is 18. The van der Waals surface area contributed by atoms with Crippen LogP contribution >= 0.6 is 0 Å². The van der Waals surface area contributed by atoms with Crippen LogP contribution in [0.25, 0.3) is 12.2 Å². The molecule has 4 rings (SSSR count). The summed E-state index contributed by atoms with van der Waals surface area (Å²) < 4.78 is 33.8. The van der Waals surface area contributed by atoms with Crippen molar-refractivity contribution in [2.45, 2.75) is 39.2 Å². The van der Waals surface area contributed by atoms with Gasteiger partial charge in [-0.1, -0.05) is 56.3 Å². The van der Waals surface area contributed by atoms with E-state index in [0.717, 1.165) is 28.1 Å². The Morgan fingerprint density at radius 1 is 0.673 bits per heavy atom. The van der Waals surface area contributed by atoms with Crippen LogP contribution in [0.4, 0.5) is 11.4 Å². The second kappa shape index (κ2) is 19.7. The summed E-state index contributed by atoms with van der Waals surface area (Å²) in [7, 11) is 7.85. The molecule has 1 N–H and O–H groups in total. The van der Waals surface area contributed by atoms with E-state index in [-0.39, 0.29) is 18.5 Å². The summed E-state index contributed by atoms with van der Waals surface area (Å²) in [6.45, 7) is 3.76. The molecule has 0 amide bonds. The van der Waals surface area contributed by atoms with Gasteiger partial charge in [0.05, 0.1) is 52.8 Å². The van der Waals surface area contributed by atoms with Crippen LogP contribution in [0, 0.1) is 5.92 Å². The van der Waals surface area contributed by atoms with E-state index >= 15 is 0 Å². The maximum atomic E-state index is 12.7. The zero-order valence-corrected chi connectivity index (χ0v) is 30.9. The summed E-state index contributed by atoms with van der Waals surface area (Å²) in [5.41, 5.74) is 5.76. The van der Waals surface area contributed by atoms with Gasteiger partial charge in [0.25, 0.3) is 0 Å². The highest BCUT2D eigenvalue weighted by molar-refractivity contribution is 5.88. The normalized spacial score (nSPS) is 12.6. The third kappa shape index (κ3) is 10.0. The molecule has 0 aliphatic rings. The second-order valence-electron chi connectivity index (χ2n) is 11.9. The first-order valence-corrected chi connectivity index (χ1v) is 17.1. The Morgan fingerprint density at radius 3 is 1.63 bits per heavy atom. The minimum atomic E-state index is -0.588. The van der Waals surface area contributed by atoms with Gasteiger partial charge in [-0.25, -0.2) is 0 Å². The van der Waals surface area contributed by atoms with Crippen LogP contribution in [0.2, 0.25) is 0 Å². The summed E-state index contributed by atoms with van der Waals surface area (Å²) in [5, 5.41) is 9.46. The van der Waals surface area contributed by atoms with Crippen molar-refractivity contribution in [3.05, 3.63) is 101 Å². The van der Waals surface area contributed by atoms with Crippen LogP contribution in [-0.4, -0.2) is 65.7 Å². The number of aliphatic hydroxyl groups excluding tert-OH is 1. The zero-order chi connectivity index (χ0) is 37.5. The highest BCUT2D eigenvalue weighted by atomic mass is 16.5. The first-order valence-electron chi connectivity index (χ1n) is 17.1. The predicted molar refractivity (Wildman–Crippen MR) is 207 cm³/mol. The Hall–Kier alpha value is -5.61. The Labute approximate surface area is 306 Å². The number of hydrogen-bond acceptors (Lipinski definition) is 10. The van der Waals surface area contributed by atoms with Crippen molar-refractivity contribution in [1.82, 2.24) is 0 Å². The van der Waals surface area contributed by atoms with Gasteiger partial charge in [0.15, 0.2) is 23.0 Å². The van der Waals surface area contributed by atoms with Gasteiger partial charge in [-0.2, -0.15) is 0 Å². The summed E-state index contributed by atoms with van der Waals surface area (Å²) in [6.07, 6.45) is 8.53. The molecule has 0 aliphatic heterocycles. The number of benzene rings is 4. The molecular formula is C42H48N2O8. The number of methoxy groups -OCH3 is 5. The first kappa shape index (κ1) is 39.2. The highest BCUT2D eigenvalue weighted by Crippen LogP contribution is 2.41. The summed E-state index contributed by atoms with van der Waals surface area (Å²) in [6, 6.07) is 23.2. The van der Waals surface area contributed by atoms with Crippen molar-refractivity contribution < 1.29 is 38.3 Å². The molecule has 0 aliphatic carbocycles. The molecule has 0 saturated heterocycles. The molecule has 0 fully saturated rings. The fourth-order valence-corrected chi connectivity index (χ4v) is 5.40. The molecule has 0 bridgehead atoms. The SMILES string of the molecule is CCC(C)C(=O)OC(CCCO)c1ccc(C=Nc2ccc(/C=C/c3ccc(N=Cc4ccc(OC)c(OC)c4OC)cc3)cc2)c(OC)c1OC. The Balaban J connectivity index is 1.44. The van der Waals surface area contributed by atoms with Gasteiger partial charge in [0.1, 0.15) is 6.10 Å². The molecule has 4 aromatic rings. The number of carbonyl (C=O) groups excluding carboxylic acids is 1. The number of aliphatic imine (C=N–C) groups is 2. The second-order valence-corrected chi connectivity index (χ2v) is 11.9. The largest absolute Gasteiger partial charge is 0.493 e. The van der Waals surface area contributed by atoms with E-state index < -0.39 is 6.10 Å². The summed E-state index contributed by atoms with van der Waals surface area (Å²) in [4.78, 5) is 21.9. The van der Waals surface area contributed by atoms with Crippen LogP contribution < -0.4 is 23.7 Å². The molecule has 4 aromatic carbocycles. The van der Waals surface area contributed by atoms with Gasteiger partial charge >= 0.3 is 5.97 Å². The van der Waals surface area contributed by atoms with Crippen LogP contribution in [-0.2, 0) is 9.53 Å². The standard InChI is InChI=1S/C42H48N2O8/c1-8-28(2)42(46)52-36(10-9-25-45)35-23-17-31(38(48-4)40(35)50-6)26-43-33-19-13-29(14-20-33)11-12-30-15-21-34(22-16-30)44-27-32-18-24-37(47-3)41(51-7)39(32)49-5/h11-24,26-28,36,45H,8-10,25H2,1-7H3/b12-11+,43-26?,44-27?. The van der Waals surface area contributed by atoms with Crippen molar-refractivity contribution in [1.29, 1.82) is 0 Å². The van der Waals surface area contributed by atoms with Gasteiger partial charge < -0.3 is 33.5 Å². The van der Waals surface area contributed by atoms with Crippen molar-refractivity contribution in [2.75, 3.05) is 42.2 Å². The molecular weight excluding hydrogens is 660 g/mol. The molecule has 10 heteroatoms. The third-order valence-electron chi connectivity index (χ3n) is 8.52. The van der Waals surface area contributed by atoms with E-state index in [1.807, 2.05) is 98.8 Å². The van der Waals surface area contributed by atoms with Gasteiger partial charge in [0, 0.05) is 35.7 Å². The van der Waals surface area contributed by atoms with E-state index in [0.29, 0.717) is 59.1 Å². The van der Waals surface area contributed by atoms with Gasteiger partial charge in [-0.15, -0.1) is 0 Å². The van der Waals surface area contributed by atoms with Crippen LogP contribution in [0.3, 0.4) is 0 Å². The van der Waals surface area contributed by atoms with E-state index in [9.17, 15) is 9.90 Å². The minimum absolute atomic E-state index is 0.0150. The number of ether oxygens (including phenoxy) is 6.